The Morgan fingerprint density at radius 3 is 2.55 bits per heavy atom. The molecule has 0 amide bonds. The monoisotopic (exact) mass is 279 g/mol. The molecule has 0 heterocycles. The van der Waals surface area contributed by atoms with Crippen LogP contribution < -0.4 is 5.73 Å². The predicted molar refractivity (Wildman–Crippen MR) is 81.9 cm³/mol. The SMILES string of the molecule is CCN(CCCN(C)C)Cc1cccc(N)c1C(=O)O. The van der Waals surface area contributed by atoms with E-state index in [-0.39, 0.29) is 5.56 Å². The predicted octanol–water partition coefficient (Wildman–Crippen LogP) is 1.74. The van der Waals surface area contributed by atoms with Gasteiger partial charge in [0.1, 0.15) is 0 Å². The number of hydrogen-bond acceptors (Lipinski definition) is 4. The van der Waals surface area contributed by atoms with E-state index in [0.717, 1.165) is 31.6 Å². The van der Waals surface area contributed by atoms with Gasteiger partial charge < -0.3 is 15.7 Å². The molecule has 0 atom stereocenters. The van der Waals surface area contributed by atoms with Gasteiger partial charge in [0.2, 0.25) is 0 Å². The second kappa shape index (κ2) is 7.87. The Kier molecular flexibility index (Phi) is 6.48. The van der Waals surface area contributed by atoms with Crippen molar-refractivity contribution in [2.45, 2.75) is 19.9 Å². The molecule has 0 radical (unpaired) electrons. The summed E-state index contributed by atoms with van der Waals surface area (Å²) in [5.74, 6) is -0.956. The highest BCUT2D eigenvalue weighted by Crippen LogP contribution is 2.19. The van der Waals surface area contributed by atoms with Crippen molar-refractivity contribution in [3.8, 4) is 0 Å². The highest BCUT2D eigenvalue weighted by Gasteiger charge is 2.15. The summed E-state index contributed by atoms with van der Waals surface area (Å²) in [6.07, 6.45) is 1.06. The number of nitrogens with zero attached hydrogens (tertiary/aromatic N) is 2. The molecule has 112 valence electrons. The van der Waals surface area contributed by atoms with Crippen molar-refractivity contribution in [2.24, 2.45) is 0 Å². The van der Waals surface area contributed by atoms with Crippen molar-refractivity contribution in [1.82, 2.24) is 9.80 Å². The van der Waals surface area contributed by atoms with Crippen LogP contribution in [0.25, 0.3) is 0 Å². The number of nitrogens with two attached hydrogens (primary N) is 1. The number of rotatable bonds is 8. The average Bonchev–Trinajstić information content (AvgIpc) is 2.36. The number of aromatic carboxylic acids is 1. The van der Waals surface area contributed by atoms with Gasteiger partial charge in [0.25, 0.3) is 0 Å². The zero-order valence-electron chi connectivity index (χ0n) is 12.6. The summed E-state index contributed by atoms with van der Waals surface area (Å²) in [6, 6.07) is 5.29. The number of benzene rings is 1. The molecule has 0 saturated heterocycles. The summed E-state index contributed by atoms with van der Waals surface area (Å²) in [6.45, 7) is 5.57. The largest absolute Gasteiger partial charge is 0.478 e. The molecule has 1 rings (SSSR count). The van der Waals surface area contributed by atoms with Crippen LogP contribution in [0.3, 0.4) is 0 Å². The second-order valence-electron chi connectivity index (χ2n) is 5.21. The Hall–Kier alpha value is -1.59. The quantitative estimate of drug-likeness (QED) is 0.709. The minimum Gasteiger partial charge on any atom is -0.478 e. The lowest BCUT2D eigenvalue weighted by Crippen LogP contribution is -2.27. The summed E-state index contributed by atoms with van der Waals surface area (Å²) >= 11 is 0. The van der Waals surface area contributed by atoms with Gasteiger partial charge >= 0.3 is 5.97 Å². The first kappa shape index (κ1) is 16.5. The maximum absolute atomic E-state index is 11.3. The van der Waals surface area contributed by atoms with E-state index in [9.17, 15) is 9.90 Å². The van der Waals surface area contributed by atoms with Crippen LogP contribution in [0, 0.1) is 0 Å². The van der Waals surface area contributed by atoms with Crippen molar-refractivity contribution in [3.63, 3.8) is 0 Å². The van der Waals surface area contributed by atoms with E-state index in [2.05, 4.69) is 30.8 Å². The first-order chi connectivity index (χ1) is 9.45. The van der Waals surface area contributed by atoms with Gasteiger partial charge in [0, 0.05) is 12.2 Å². The van der Waals surface area contributed by atoms with Gasteiger partial charge in [-0.1, -0.05) is 19.1 Å². The van der Waals surface area contributed by atoms with Crippen LogP contribution in [0.5, 0.6) is 0 Å². The van der Waals surface area contributed by atoms with Gasteiger partial charge in [-0.05, 0) is 51.8 Å². The zero-order valence-corrected chi connectivity index (χ0v) is 12.6. The van der Waals surface area contributed by atoms with Crippen molar-refractivity contribution in [3.05, 3.63) is 29.3 Å². The van der Waals surface area contributed by atoms with E-state index in [1.807, 2.05) is 12.1 Å². The molecule has 0 aromatic heterocycles. The van der Waals surface area contributed by atoms with E-state index < -0.39 is 5.97 Å². The van der Waals surface area contributed by atoms with E-state index >= 15 is 0 Å². The van der Waals surface area contributed by atoms with E-state index in [1.54, 1.807) is 6.07 Å². The molecule has 5 heteroatoms. The fourth-order valence-electron chi connectivity index (χ4n) is 2.21. The molecule has 20 heavy (non-hydrogen) atoms. The standard InChI is InChI=1S/C15H25N3O2/c1-4-18(10-6-9-17(2)3)11-12-7-5-8-13(16)14(12)15(19)20/h5,7-8H,4,6,9-11,16H2,1-3H3,(H,19,20). The Bertz CT molecular complexity index is 447. The molecule has 1 aromatic carbocycles. The average molecular weight is 279 g/mol. The molecule has 0 aliphatic rings. The molecule has 0 saturated carbocycles. The smallest absolute Gasteiger partial charge is 0.338 e. The zero-order chi connectivity index (χ0) is 15.1. The molecule has 5 nitrogen and oxygen atoms in total. The van der Waals surface area contributed by atoms with Crippen LogP contribution in [0.4, 0.5) is 5.69 Å². The molecule has 1 aromatic rings. The van der Waals surface area contributed by atoms with Crippen molar-refractivity contribution < 1.29 is 9.90 Å². The van der Waals surface area contributed by atoms with Gasteiger partial charge in [-0.25, -0.2) is 4.79 Å². The molecule has 0 aliphatic carbocycles. The highest BCUT2D eigenvalue weighted by molar-refractivity contribution is 5.95. The van der Waals surface area contributed by atoms with Crippen LogP contribution in [0.15, 0.2) is 18.2 Å². The molecular formula is C15H25N3O2. The summed E-state index contributed by atoms with van der Waals surface area (Å²) in [5.41, 5.74) is 7.12. The minimum atomic E-state index is -0.956. The lowest BCUT2D eigenvalue weighted by molar-refractivity contribution is 0.0695. The lowest BCUT2D eigenvalue weighted by atomic mass is 10.0. The summed E-state index contributed by atoms with van der Waals surface area (Å²) < 4.78 is 0. The molecule has 0 fully saturated rings. The number of carboxylic acid groups (broad SMARTS) is 1. The highest BCUT2D eigenvalue weighted by atomic mass is 16.4. The van der Waals surface area contributed by atoms with Crippen LogP contribution in [-0.4, -0.2) is 54.6 Å². The van der Waals surface area contributed by atoms with Crippen molar-refractivity contribution in [1.29, 1.82) is 0 Å². The summed E-state index contributed by atoms with van der Waals surface area (Å²) in [4.78, 5) is 15.7. The Labute approximate surface area is 121 Å². The Morgan fingerprint density at radius 1 is 1.30 bits per heavy atom. The van der Waals surface area contributed by atoms with Crippen molar-refractivity contribution >= 4 is 11.7 Å². The summed E-state index contributed by atoms with van der Waals surface area (Å²) in [5, 5.41) is 9.28. The van der Waals surface area contributed by atoms with E-state index in [4.69, 9.17) is 5.73 Å². The number of nitrogen functional groups attached to an aromatic ring is 1. The number of anilines is 1. The fourth-order valence-corrected chi connectivity index (χ4v) is 2.21. The van der Waals surface area contributed by atoms with E-state index in [0.29, 0.717) is 12.2 Å². The van der Waals surface area contributed by atoms with Crippen molar-refractivity contribution in [2.75, 3.05) is 39.5 Å². The Morgan fingerprint density at radius 2 is 2.00 bits per heavy atom. The van der Waals surface area contributed by atoms with Gasteiger partial charge in [0.15, 0.2) is 0 Å². The molecule has 0 bridgehead atoms. The maximum Gasteiger partial charge on any atom is 0.338 e. The van der Waals surface area contributed by atoms with Crippen LogP contribution in [0.1, 0.15) is 29.3 Å². The second-order valence-corrected chi connectivity index (χ2v) is 5.21. The van der Waals surface area contributed by atoms with E-state index in [1.165, 1.54) is 0 Å². The van der Waals surface area contributed by atoms with Gasteiger partial charge in [-0.2, -0.15) is 0 Å². The van der Waals surface area contributed by atoms with Gasteiger partial charge in [-0.15, -0.1) is 0 Å². The third-order valence-corrected chi connectivity index (χ3v) is 3.32. The van der Waals surface area contributed by atoms with Crippen LogP contribution in [-0.2, 0) is 6.54 Å². The fraction of sp³-hybridized carbons (Fsp3) is 0.533. The molecule has 0 spiro atoms. The molecule has 3 N–H and O–H groups in total. The number of hydrogen-bond donors (Lipinski definition) is 2. The number of carbonyl (C=O) groups is 1. The summed E-state index contributed by atoms with van der Waals surface area (Å²) in [7, 11) is 4.10. The number of carboxylic acids is 1. The minimum absolute atomic E-state index is 0.235. The van der Waals surface area contributed by atoms with Crippen LogP contribution in [0.2, 0.25) is 0 Å². The third-order valence-electron chi connectivity index (χ3n) is 3.32. The topological polar surface area (TPSA) is 69.8 Å². The normalized spacial score (nSPS) is 11.2. The third kappa shape index (κ3) is 4.83. The van der Waals surface area contributed by atoms with Gasteiger partial charge in [0.05, 0.1) is 5.56 Å². The Balaban J connectivity index is 2.75. The van der Waals surface area contributed by atoms with Crippen LogP contribution >= 0.6 is 0 Å². The molecular weight excluding hydrogens is 254 g/mol. The lowest BCUT2D eigenvalue weighted by Gasteiger charge is -2.22. The first-order valence-electron chi connectivity index (χ1n) is 6.93. The molecule has 0 unspecified atom stereocenters. The van der Waals surface area contributed by atoms with Gasteiger partial charge in [-0.3, -0.25) is 4.90 Å². The first-order valence-corrected chi connectivity index (χ1v) is 6.93. The maximum atomic E-state index is 11.3. The molecule has 0 aliphatic heterocycles.